The van der Waals surface area contributed by atoms with Gasteiger partial charge >= 0.3 is 5.76 Å². The third-order valence-electron chi connectivity index (χ3n) is 3.89. The van der Waals surface area contributed by atoms with Crippen LogP contribution in [0.1, 0.15) is 10.6 Å². The number of nitrogens with one attached hydrogen (secondary N) is 1. The summed E-state index contributed by atoms with van der Waals surface area (Å²) in [5.41, 5.74) is 7.08. The standard InChI is InChI=1S/C17H13N7O4/c18-15(26)16-20-22-24(21-16)11-7-5-10(6-8-11)19-14(25)9-23-12-3-1-2-4-13(12)28-17(23)27/h1-8H,9H2,(H2,18,26)(H,19,25). The molecule has 140 valence electrons. The molecule has 2 aromatic heterocycles. The first kappa shape index (κ1) is 17.1. The molecule has 28 heavy (non-hydrogen) atoms. The van der Waals surface area contributed by atoms with E-state index < -0.39 is 17.6 Å². The molecule has 3 N–H and O–H groups in total. The van der Waals surface area contributed by atoms with Gasteiger partial charge in [0.25, 0.3) is 11.7 Å². The molecule has 2 amide bonds. The zero-order valence-corrected chi connectivity index (χ0v) is 14.3. The van der Waals surface area contributed by atoms with Gasteiger partial charge in [-0.2, -0.15) is 0 Å². The Labute approximate surface area is 156 Å². The number of hydrogen-bond acceptors (Lipinski definition) is 7. The second kappa shape index (κ2) is 6.79. The van der Waals surface area contributed by atoms with E-state index in [1.165, 1.54) is 4.57 Å². The monoisotopic (exact) mass is 379 g/mol. The molecular formula is C17H13N7O4. The summed E-state index contributed by atoms with van der Waals surface area (Å²) < 4.78 is 6.36. The van der Waals surface area contributed by atoms with Crippen LogP contribution in [0.3, 0.4) is 0 Å². The van der Waals surface area contributed by atoms with Crippen LogP contribution in [0.4, 0.5) is 5.69 Å². The summed E-state index contributed by atoms with van der Waals surface area (Å²) >= 11 is 0. The van der Waals surface area contributed by atoms with E-state index in [0.717, 1.165) is 4.80 Å². The SMILES string of the molecule is NC(=O)c1nnn(-c2ccc(NC(=O)Cn3c(=O)oc4ccccc43)cc2)n1. The van der Waals surface area contributed by atoms with Crippen molar-refractivity contribution in [2.75, 3.05) is 5.32 Å². The predicted molar refractivity (Wildman–Crippen MR) is 96.8 cm³/mol. The fraction of sp³-hybridized carbons (Fsp3) is 0.0588. The van der Waals surface area contributed by atoms with Gasteiger partial charge in [0.05, 0.1) is 11.2 Å². The molecule has 2 heterocycles. The number of tetrazole rings is 1. The Hall–Kier alpha value is -4.28. The molecule has 0 radical (unpaired) electrons. The zero-order valence-electron chi connectivity index (χ0n) is 14.3. The van der Waals surface area contributed by atoms with Gasteiger partial charge in [0.15, 0.2) is 5.58 Å². The normalized spacial score (nSPS) is 10.9. The van der Waals surface area contributed by atoms with E-state index in [0.29, 0.717) is 22.5 Å². The molecule has 2 aromatic carbocycles. The lowest BCUT2D eigenvalue weighted by molar-refractivity contribution is -0.116. The average molecular weight is 379 g/mol. The molecule has 0 spiro atoms. The Morgan fingerprint density at radius 2 is 1.86 bits per heavy atom. The van der Waals surface area contributed by atoms with Crippen LogP contribution in [0.15, 0.2) is 57.7 Å². The van der Waals surface area contributed by atoms with Crippen molar-refractivity contribution >= 4 is 28.6 Å². The maximum atomic E-state index is 12.3. The first-order valence-corrected chi connectivity index (χ1v) is 8.10. The molecule has 0 fully saturated rings. The van der Waals surface area contributed by atoms with Gasteiger partial charge in [-0.05, 0) is 41.6 Å². The second-order valence-corrected chi connectivity index (χ2v) is 5.78. The minimum atomic E-state index is -0.780. The largest absolute Gasteiger partial charge is 0.420 e. The quantitative estimate of drug-likeness (QED) is 0.506. The molecule has 0 saturated heterocycles. The Bertz CT molecular complexity index is 1240. The summed E-state index contributed by atoms with van der Waals surface area (Å²) in [5.74, 6) is -1.97. The molecule has 0 atom stereocenters. The lowest BCUT2D eigenvalue weighted by Gasteiger charge is -2.06. The molecule has 0 aliphatic rings. The number of rotatable bonds is 5. The van der Waals surface area contributed by atoms with Crippen molar-refractivity contribution < 1.29 is 14.0 Å². The van der Waals surface area contributed by atoms with Gasteiger partial charge in [-0.15, -0.1) is 15.0 Å². The highest BCUT2D eigenvalue weighted by atomic mass is 16.4. The first-order valence-electron chi connectivity index (χ1n) is 8.10. The highest BCUT2D eigenvalue weighted by Gasteiger charge is 2.13. The fourth-order valence-corrected chi connectivity index (χ4v) is 2.61. The number of nitrogens with zero attached hydrogens (tertiary/aromatic N) is 5. The van der Waals surface area contributed by atoms with Gasteiger partial charge in [0.1, 0.15) is 6.54 Å². The number of anilines is 1. The van der Waals surface area contributed by atoms with E-state index in [4.69, 9.17) is 10.2 Å². The maximum Gasteiger partial charge on any atom is 0.420 e. The number of amides is 2. The number of primary amides is 1. The van der Waals surface area contributed by atoms with Crippen molar-refractivity contribution in [2.45, 2.75) is 6.54 Å². The number of para-hydroxylation sites is 2. The highest BCUT2D eigenvalue weighted by Crippen LogP contribution is 2.14. The van der Waals surface area contributed by atoms with E-state index in [-0.39, 0.29) is 12.4 Å². The van der Waals surface area contributed by atoms with Crippen LogP contribution in [0.25, 0.3) is 16.8 Å². The molecule has 0 bridgehead atoms. The van der Waals surface area contributed by atoms with Crippen molar-refractivity contribution in [3.63, 3.8) is 0 Å². The number of nitrogens with two attached hydrogens (primary N) is 1. The summed E-state index contributed by atoms with van der Waals surface area (Å²) in [6.07, 6.45) is 0. The Morgan fingerprint density at radius 3 is 2.57 bits per heavy atom. The zero-order chi connectivity index (χ0) is 19.7. The molecule has 0 saturated carbocycles. The first-order chi connectivity index (χ1) is 13.5. The van der Waals surface area contributed by atoms with Crippen LogP contribution >= 0.6 is 0 Å². The van der Waals surface area contributed by atoms with Gasteiger partial charge in [0.2, 0.25) is 5.91 Å². The van der Waals surface area contributed by atoms with Crippen molar-refractivity contribution in [1.82, 2.24) is 24.8 Å². The number of fused-ring (bicyclic) bond motifs is 1. The smallest absolute Gasteiger partial charge is 0.408 e. The van der Waals surface area contributed by atoms with Gasteiger partial charge in [-0.25, -0.2) is 4.79 Å². The van der Waals surface area contributed by atoms with Crippen LogP contribution in [-0.4, -0.2) is 36.6 Å². The average Bonchev–Trinajstić information content (AvgIpc) is 3.28. The fourth-order valence-electron chi connectivity index (χ4n) is 2.61. The Balaban J connectivity index is 1.48. The third kappa shape index (κ3) is 3.23. The number of carbonyl (C=O) groups is 2. The van der Waals surface area contributed by atoms with E-state index in [9.17, 15) is 14.4 Å². The third-order valence-corrected chi connectivity index (χ3v) is 3.89. The topological polar surface area (TPSA) is 151 Å². The number of benzene rings is 2. The van der Waals surface area contributed by atoms with E-state index in [1.54, 1.807) is 48.5 Å². The lowest BCUT2D eigenvalue weighted by atomic mass is 10.3. The summed E-state index contributed by atoms with van der Waals surface area (Å²) in [7, 11) is 0. The van der Waals surface area contributed by atoms with Crippen molar-refractivity contribution in [2.24, 2.45) is 5.73 Å². The molecule has 0 unspecified atom stereocenters. The maximum absolute atomic E-state index is 12.3. The van der Waals surface area contributed by atoms with Gasteiger partial charge < -0.3 is 15.5 Å². The predicted octanol–water partition coefficient (Wildman–Crippen LogP) is 0.308. The second-order valence-electron chi connectivity index (χ2n) is 5.78. The molecule has 4 rings (SSSR count). The van der Waals surface area contributed by atoms with Crippen molar-refractivity contribution in [1.29, 1.82) is 0 Å². The van der Waals surface area contributed by atoms with Crippen LogP contribution in [0.5, 0.6) is 0 Å². The number of oxazole rings is 1. The molecule has 11 nitrogen and oxygen atoms in total. The van der Waals surface area contributed by atoms with E-state index in [1.807, 2.05) is 0 Å². The van der Waals surface area contributed by atoms with Crippen LogP contribution in [-0.2, 0) is 11.3 Å². The van der Waals surface area contributed by atoms with Gasteiger partial charge in [-0.1, -0.05) is 12.1 Å². The van der Waals surface area contributed by atoms with E-state index in [2.05, 4.69) is 20.7 Å². The highest BCUT2D eigenvalue weighted by molar-refractivity contribution is 5.91. The molecule has 4 aromatic rings. The lowest BCUT2D eigenvalue weighted by Crippen LogP contribution is -2.24. The van der Waals surface area contributed by atoms with Crippen LogP contribution in [0, 0.1) is 0 Å². The molecule has 0 aliphatic carbocycles. The van der Waals surface area contributed by atoms with Crippen LogP contribution < -0.4 is 16.8 Å². The van der Waals surface area contributed by atoms with E-state index >= 15 is 0 Å². The molecular weight excluding hydrogens is 366 g/mol. The number of hydrogen-bond donors (Lipinski definition) is 2. The minimum absolute atomic E-state index is 0.190. The summed E-state index contributed by atoms with van der Waals surface area (Å²) in [6.45, 7) is -0.190. The summed E-state index contributed by atoms with van der Waals surface area (Å²) in [5, 5.41) is 13.8. The van der Waals surface area contributed by atoms with Crippen LogP contribution in [0.2, 0.25) is 0 Å². The Morgan fingerprint density at radius 1 is 1.11 bits per heavy atom. The Kier molecular flexibility index (Phi) is 4.16. The summed E-state index contributed by atoms with van der Waals surface area (Å²) in [4.78, 5) is 36.4. The summed E-state index contributed by atoms with van der Waals surface area (Å²) in [6, 6.07) is 13.4. The van der Waals surface area contributed by atoms with Crippen molar-refractivity contribution in [3.05, 3.63) is 64.9 Å². The van der Waals surface area contributed by atoms with Crippen molar-refractivity contribution in [3.8, 4) is 5.69 Å². The number of aromatic nitrogens is 5. The number of carbonyl (C=O) groups excluding carboxylic acids is 2. The van der Waals surface area contributed by atoms with Gasteiger partial charge in [0, 0.05) is 5.69 Å². The van der Waals surface area contributed by atoms with Gasteiger partial charge in [-0.3, -0.25) is 14.2 Å². The minimum Gasteiger partial charge on any atom is -0.408 e. The molecule has 11 heteroatoms. The molecule has 0 aliphatic heterocycles.